The number of thiol groups is 1. The van der Waals surface area contributed by atoms with Crippen molar-refractivity contribution >= 4 is 50.8 Å². The van der Waals surface area contributed by atoms with E-state index in [0.717, 1.165) is 9.90 Å². The van der Waals surface area contributed by atoms with Gasteiger partial charge in [-0.05, 0) is 12.3 Å². The lowest BCUT2D eigenvalue weighted by Gasteiger charge is -1.95. The maximum atomic E-state index is 5.90. The van der Waals surface area contributed by atoms with Gasteiger partial charge in [-0.25, -0.2) is 0 Å². The molecule has 0 radical (unpaired) electrons. The third-order valence-corrected chi connectivity index (χ3v) is 4.45. The van der Waals surface area contributed by atoms with Crippen molar-refractivity contribution in [3.05, 3.63) is 18.2 Å². The SMILES string of the molecule is CSc1c(N)sc2c(S)cccc12. The molecule has 2 rings (SSSR count). The summed E-state index contributed by atoms with van der Waals surface area (Å²) in [5.74, 6) is 0. The van der Waals surface area contributed by atoms with Gasteiger partial charge in [0.1, 0.15) is 5.00 Å². The first-order chi connectivity index (χ1) is 6.24. The minimum atomic E-state index is 0.893. The maximum absolute atomic E-state index is 5.90. The average molecular weight is 227 g/mol. The summed E-state index contributed by atoms with van der Waals surface area (Å²) < 4.78 is 1.19. The summed E-state index contributed by atoms with van der Waals surface area (Å²) in [4.78, 5) is 2.19. The lowest BCUT2D eigenvalue weighted by atomic mass is 10.3. The van der Waals surface area contributed by atoms with E-state index < -0.39 is 0 Å². The minimum absolute atomic E-state index is 0.893. The molecule has 0 bridgehead atoms. The Balaban J connectivity index is 2.86. The van der Waals surface area contributed by atoms with Gasteiger partial charge >= 0.3 is 0 Å². The van der Waals surface area contributed by atoms with Gasteiger partial charge in [-0.2, -0.15) is 0 Å². The van der Waals surface area contributed by atoms with E-state index in [-0.39, 0.29) is 0 Å². The fraction of sp³-hybridized carbons (Fsp3) is 0.111. The van der Waals surface area contributed by atoms with E-state index in [2.05, 4.69) is 18.7 Å². The molecule has 0 saturated heterocycles. The van der Waals surface area contributed by atoms with Gasteiger partial charge in [-0.1, -0.05) is 12.1 Å². The molecule has 4 heteroatoms. The second-order valence-electron chi connectivity index (χ2n) is 2.65. The van der Waals surface area contributed by atoms with E-state index in [0.29, 0.717) is 0 Å². The van der Waals surface area contributed by atoms with Crippen molar-refractivity contribution in [2.24, 2.45) is 0 Å². The molecule has 0 amide bonds. The summed E-state index contributed by atoms with van der Waals surface area (Å²) in [6.45, 7) is 0. The molecule has 0 aliphatic rings. The Kier molecular flexibility index (Phi) is 2.45. The Bertz CT molecular complexity index is 447. The van der Waals surface area contributed by atoms with Crippen LogP contribution in [0.25, 0.3) is 10.1 Å². The number of hydrogen-bond acceptors (Lipinski definition) is 4. The van der Waals surface area contributed by atoms with Crippen molar-refractivity contribution in [1.29, 1.82) is 0 Å². The topological polar surface area (TPSA) is 26.0 Å². The number of thioether (sulfide) groups is 1. The molecule has 68 valence electrons. The molecule has 0 spiro atoms. The molecule has 0 fully saturated rings. The number of anilines is 1. The molecule has 1 heterocycles. The average Bonchev–Trinajstić information content (AvgIpc) is 2.43. The van der Waals surface area contributed by atoms with Gasteiger partial charge in [-0.3, -0.25) is 0 Å². The number of nitrogen functional groups attached to an aromatic ring is 1. The van der Waals surface area contributed by atoms with E-state index in [1.807, 2.05) is 18.4 Å². The zero-order valence-corrected chi connectivity index (χ0v) is 9.60. The van der Waals surface area contributed by atoms with Gasteiger partial charge in [0.15, 0.2) is 0 Å². The van der Waals surface area contributed by atoms with Crippen LogP contribution in [0.3, 0.4) is 0 Å². The Morgan fingerprint density at radius 1 is 1.46 bits per heavy atom. The highest BCUT2D eigenvalue weighted by Crippen LogP contribution is 2.41. The molecule has 0 saturated carbocycles. The smallest absolute Gasteiger partial charge is 0.101 e. The molecule has 1 aromatic carbocycles. The molecule has 0 atom stereocenters. The van der Waals surface area contributed by atoms with Crippen molar-refractivity contribution in [2.45, 2.75) is 9.79 Å². The monoisotopic (exact) mass is 227 g/mol. The van der Waals surface area contributed by atoms with Gasteiger partial charge in [-0.15, -0.1) is 35.7 Å². The van der Waals surface area contributed by atoms with E-state index in [9.17, 15) is 0 Å². The Morgan fingerprint density at radius 2 is 2.23 bits per heavy atom. The second-order valence-corrected chi connectivity index (χ2v) is 5.00. The normalized spacial score (nSPS) is 10.9. The Labute approximate surface area is 90.7 Å². The number of nitrogens with two attached hydrogens (primary N) is 1. The first kappa shape index (κ1) is 9.24. The molecule has 0 aliphatic heterocycles. The highest BCUT2D eigenvalue weighted by molar-refractivity contribution is 7.99. The summed E-state index contributed by atoms with van der Waals surface area (Å²) in [6, 6.07) is 6.09. The van der Waals surface area contributed by atoms with Crippen LogP contribution in [-0.4, -0.2) is 6.26 Å². The van der Waals surface area contributed by atoms with Crippen molar-refractivity contribution in [3.63, 3.8) is 0 Å². The van der Waals surface area contributed by atoms with Crippen LogP contribution >= 0.6 is 35.7 Å². The standard InChI is InChI=1S/C9H9NS3/c1-12-8-5-3-2-4-6(11)7(5)13-9(8)10/h2-4,11H,10H2,1H3. The van der Waals surface area contributed by atoms with Crippen LogP contribution in [0.1, 0.15) is 0 Å². The summed E-state index contributed by atoms with van der Waals surface area (Å²) in [5.41, 5.74) is 5.90. The molecule has 1 nitrogen and oxygen atoms in total. The largest absolute Gasteiger partial charge is 0.390 e. The highest BCUT2D eigenvalue weighted by Gasteiger charge is 2.09. The molecular formula is C9H9NS3. The lowest BCUT2D eigenvalue weighted by Crippen LogP contribution is -1.79. The predicted molar refractivity (Wildman–Crippen MR) is 65.3 cm³/mol. The van der Waals surface area contributed by atoms with E-state index in [4.69, 9.17) is 5.73 Å². The third-order valence-electron chi connectivity index (χ3n) is 1.88. The molecule has 0 aliphatic carbocycles. The first-order valence-corrected chi connectivity index (χ1v) is 6.27. The van der Waals surface area contributed by atoms with Crippen LogP contribution in [0.5, 0.6) is 0 Å². The van der Waals surface area contributed by atoms with E-state index in [1.54, 1.807) is 23.1 Å². The third kappa shape index (κ3) is 1.43. The summed E-state index contributed by atoms with van der Waals surface area (Å²) >= 11 is 7.70. The summed E-state index contributed by atoms with van der Waals surface area (Å²) in [5, 5.41) is 2.12. The minimum Gasteiger partial charge on any atom is -0.390 e. The van der Waals surface area contributed by atoms with Gasteiger partial charge in [0.2, 0.25) is 0 Å². The van der Waals surface area contributed by atoms with Crippen LogP contribution in [0, 0.1) is 0 Å². The van der Waals surface area contributed by atoms with Gasteiger partial charge < -0.3 is 5.73 Å². The quantitative estimate of drug-likeness (QED) is 0.576. The van der Waals surface area contributed by atoms with Crippen LogP contribution in [0.15, 0.2) is 28.0 Å². The van der Waals surface area contributed by atoms with Gasteiger partial charge in [0.25, 0.3) is 0 Å². The summed E-state index contributed by atoms with van der Waals surface area (Å²) in [6.07, 6.45) is 2.04. The van der Waals surface area contributed by atoms with Gasteiger partial charge in [0, 0.05) is 15.2 Å². The zero-order valence-electron chi connectivity index (χ0n) is 7.07. The number of fused-ring (bicyclic) bond motifs is 1. The van der Waals surface area contributed by atoms with Crippen molar-refractivity contribution in [2.75, 3.05) is 12.0 Å². The van der Waals surface area contributed by atoms with Crippen LogP contribution in [0.4, 0.5) is 5.00 Å². The molecule has 2 N–H and O–H groups in total. The number of thiophene rings is 1. The van der Waals surface area contributed by atoms with Crippen molar-refractivity contribution in [3.8, 4) is 0 Å². The number of rotatable bonds is 1. The molecule has 1 aromatic heterocycles. The van der Waals surface area contributed by atoms with Gasteiger partial charge in [0.05, 0.1) is 4.70 Å². The maximum Gasteiger partial charge on any atom is 0.101 e. The predicted octanol–water partition coefficient (Wildman–Crippen LogP) is 3.49. The van der Waals surface area contributed by atoms with E-state index >= 15 is 0 Å². The lowest BCUT2D eigenvalue weighted by molar-refractivity contribution is 1.57. The first-order valence-electron chi connectivity index (χ1n) is 3.78. The molecule has 13 heavy (non-hydrogen) atoms. The Hall–Kier alpha value is -0.320. The van der Waals surface area contributed by atoms with Crippen molar-refractivity contribution < 1.29 is 0 Å². The van der Waals surface area contributed by atoms with Crippen LogP contribution < -0.4 is 5.73 Å². The fourth-order valence-electron chi connectivity index (χ4n) is 1.31. The molecular weight excluding hydrogens is 218 g/mol. The van der Waals surface area contributed by atoms with E-state index in [1.165, 1.54) is 15.0 Å². The van der Waals surface area contributed by atoms with Crippen LogP contribution in [-0.2, 0) is 0 Å². The number of benzene rings is 1. The number of hydrogen-bond donors (Lipinski definition) is 2. The van der Waals surface area contributed by atoms with Crippen LogP contribution in [0.2, 0.25) is 0 Å². The fourth-order valence-corrected chi connectivity index (χ4v) is 3.56. The van der Waals surface area contributed by atoms with Crippen molar-refractivity contribution in [1.82, 2.24) is 0 Å². The molecule has 2 aromatic rings. The highest BCUT2D eigenvalue weighted by atomic mass is 32.2. The zero-order chi connectivity index (χ0) is 9.42. The molecule has 0 unspecified atom stereocenters. The Morgan fingerprint density at radius 3 is 2.92 bits per heavy atom. The second kappa shape index (κ2) is 3.44. The summed E-state index contributed by atoms with van der Waals surface area (Å²) in [7, 11) is 0.